The average Bonchev–Trinajstić information content (AvgIpc) is 2.83. The van der Waals surface area contributed by atoms with Crippen molar-refractivity contribution in [3.63, 3.8) is 0 Å². The van der Waals surface area contributed by atoms with E-state index in [1.54, 1.807) is 0 Å². The van der Waals surface area contributed by atoms with E-state index in [9.17, 15) is 13.0 Å². The Morgan fingerprint density at radius 2 is 1.88 bits per heavy atom. The van der Waals surface area contributed by atoms with Crippen molar-refractivity contribution in [1.29, 1.82) is 0 Å². The van der Waals surface area contributed by atoms with Gasteiger partial charge in [-0.2, -0.15) is 8.42 Å². The van der Waals surface area contributed by atoms with Crippen LogP contribution in [0.1, 0.15) is 6.92 Å². The van der Waals surface area contributed by atoms with Crippen LogP contribution in [0.2, 0.25) is 0 Å². The van der Waals surface area contributed by atoms with Crippen LogP contribution in [0.15, 0.2) is 64.5 Å². The van der Waals surface area contributed by atoms with E-state index in [0.717, 1.165) is 21.4 Å². The zero-order valence-corrected chi connectivity index (χ0v) is 14.5. The third kappa shape index (κ3) is 2.56. The van der Waals surface area contributed by atoms with Crippen molar-refractivity contribution in [2.45, 2.75) is 17.9 Å². The first kappa shape index (κ1) is 16.0. The van der Waals surface area contributed by atoms with E-state index < -0.39 is 10.1 Å². The summed E-state index contributed by atoms with van der Waals surface area (Å²) < 4.78 is 32.8. The van der Waals surface area contributed by atoms with E-state index in [0.29, 0.717) is 10.7 Å². The van der Waals surface area contributed by atoms with Crippen LogP contribution in [-0.2, 0) is 10.1 Å². The summed E-state index contributed by atoms with van der Waals surface area (Å²) in [6.07, 6.45) is 8.07. The number of rotatable bonds is 2. The summed E-state index contributed by atoms with van der Waals surface area (Å²) in [6, 6.07) is 8.60. The van der Waals surface area contributed by atoms with E-state index in [1.165, 1.54) is 12.1 Å². The molecule has 0 fully saturated rings. The zero-order chi connectivity index (χ0) is 17.8. The molecule has 1 N–H and O–H groups in total. The molecule has 3 aromatic carbocycles. The molecule has 4 rings (SSSR count). The van der Waals surface area contributed by atoms with Gasteiger partial charge in [0.1, 0.15) is 0 Å². The van der Waals surface area contributed by atoms with Gasteiger partial charge in [0, 0.05) is 16.5 Å². The Kier molecular flexibility index (Phi) is 3.52. The Hall–Kier alpha value is -2.50. The maximum Gasteiger partial charge on any atom is 0.294 e. The largest absolute Gasteiger partial charge is 0.294 e. The molecule has 126 valence electrons. The van der Waals surface area contributed by atoms with Gasteiger partial charge in [-0.25, -0.2) is 0 Å². The van der Waals surface area contributed by atoms with Crippen molar-refractivity contribution < 1.29 is 13.0 Å². The Morgan fingerprint density at radius 1 is 1.12 bits per heavy atom. The topological polar surface area (TPSA) is 66.7 Å². The zero-order valence-electron chi connectivity index (χ0n) is 13.7. The van der Waals surface area contributed by atoms with Crippen LogP contribution in [-0.4, -0.2) is 19.0 Å². The molecule has 0 saturated heterocycles. The average molecular weight is 351 g/mol. The molecule has 0 spiro atoms. The predicted molar refractivity (Wildman–Crippen MR) is 100.0 cm³/mol. The van der Waals surface area contributed by atoms with Crippen molar-refractivity contribution >= 4 is 38.2 Å². The van der Waals surface area contributed by atoms with Gasteiger partial charge in [-0.05, 0) is 28.3 Å². The Balaban J connectivity index is 2.13. The highest BCUT2D eigenvalue weighted by Gasteiger charge is 2.18. The van der Waals surface area contributed by atoms with Crippen LogP contribution >= 0.6 is 0 Å². The molecular formula is C20H17NO3S. The van der Waals surface area contributed by atoms with Crippen molar-refractivity contribution in [2.75, 3.05) is 0 Å². The highest BCUT2D eigenvalue weighted by atomic mass is 32.2. The summed E-state index contributed by atoms with van der Waals surface area (Å²) >= 11 is 0. The van der Waals surface area contributed by atoms with Crippen LogP contribution in [0.25, 0.3) is 28.1 Å². The molecule has 0 amide bonds. The van der Waals surface area contributed by atoms with E-state index >= 15 is 0 Å². The fraction of sp³-hybridized carbons (Fsp3) is 0.150. The van der Waals surface area contributed by atoms with Gasteiger partial charge in [0.05, 0.1) is 16.3 Å². The monoisotopic (exact) mass is 351 g/mol. The van der Waals surface area contributed by atoms with Crippen LogP contribution in [0, 0.1) is 5.92 Å². The first-order chi connectivity index (χ1) is 11.9. The minimum atomic E-state index is -4.30. The number of nitrogens with zero attached hydrogens (tertiary/aromatic N) is 1. The summed E-state index contributed by atoms with van der Waals surface area (Å²) in [5.41, 5.74) is 0. The van der Waals surface area contributed by atoms with Crippen LogP contribution < -0.4 is 10.6 Å². The molecule has 0 bridgehead atoms. The molecule has 0 radical (unpaired) electrons. The highest BCUT2D eigenvalue weighted by molar-refractivity contribution is 7.85. The number of hydrogen-bond donors (Lipinski definition) is 1. The summed E-state index contributed by atoms with van der Waals surface area (Å²) in [5.74, 6) is 0.245. The highest BCUT2D eigenvalue weighted by Crippen LogP contribution is 2.27. The molecule has 0 aliphatic heterocycles. The Labute approximate surface area is 145 Å². The van der Waals surface area contributed by atoms with E-state index in [4.69, 9.17) is 4.99 Å². The molecule has 2 unspecified atom stereocenters. The van der Waals surface area contributed by atoms with Crippen LogP contribution in [0.3, 0.4) is 0 Å². The fourth-order valence-corrected chi connectivity index (χ4v) is 3.98. The number of allylic oxidation sites excluding steroid dienone is 2. The maximum atomic E-state index is 11.7. The molecule has 5 heteroatoms. The van der Waals surface area contributed by atoms with Crippen molar-refractivity contribution in [3.05, 3.63) is 65.2 Å². The molecule has 0 saturated carbocycles. The molecule has 1 aliphatic carbocycles. The minimum Gasteiger partial charge on any atom is -0.282 e. The summed E-state index contributed by atoms with van der Waals surface area (Å²) in [5, 5.41) is 4.82. The van der Waals surface area contributed by atoms with Gasteiger partial charge >= 0.3 is 0 Å². The molecule has 3 aromatic rings. The van der Waals surface area contributed by atoms with Crippen molar-refractivity contribution in [1.82, 2.24) is 0 Å². The minimum absolute atomic E-state index is 0.0319. The fourth-order valence-electron chi connectivity index (χ4n) is 3.44. The Morgan fingerprint density at radius 3 is 2.60 bits per heavy atom. The predicted octanol–water partition coefficient (Wildman–Crippen LogP) is 2.84. The Bertz CT molecular complexity index is 1260. The van der Waals surface area contributed by atoms with E-state index in [1.807, 2.05) is 36.4 Å². The van der Waals surface area contributed by atoms with Crippen molar-refractivity contribution in [2.24, 2.45) is 10.9 Å². The van der Waals surface area contributed by atoms with E-state index in [-0.39, 0.29) is 16.9 Å². The number of hydrogen-bond acceptors (Lipinski definition) is 3. The molecule has 0 heterocycles. The lowest BCUT2D eigenvalue weighted by molar-refractivity contribution is 0.483. The lowest BCUT2D eigenvalue weighted by atomic mass is 9.98. The molecule has 1 aliphatic rings. The van der Waals surface area contributed by atoms with Crippen LogP contribution in [0.4, 0.5) is 0 Å². The normalized spacial score (nSPS) is 21.6. The van der Waals surface area contributed by atoms with Gasteiger partial charge in [-0.1, -0.05) is 56.0 Å². The van der Waals surface area contributed by atoms with Gasteiger partial charge in [0.25, 0.3) is 10.1 Å². The summed E-state index contributed by atoms with van der Waals surface area (Å²) in [6.45, 7) is 6.26. The lowest BCUT2D eigenvalue weighted by Gasteiger charge is -2.15. The molecule has 0 aromatic heterocycles. The van der Waals surface area contributed by atoms with Gasteiger partial charge in [-0.3, -0.25) is 9.55 Å². The smallest absolute Gasteiger partial charge is 0.282 e. The second-order valence-corrected chi connectivity index (χ2v) is 7.85. The summed E-state index contributed by atoms with van der Waals surface area (Å²) in [4.78, 5) is 4.74. The van der Waals surface area contributed by atoms with Gasteiger partial charge in [0.2, 0.25) is 0 Å². The van der Waals surface area contributed by atoms with Gasteiger partial charge in [-0.15, -0.1) is 0 Å². The first-order valence-electron chi connectivity index (χ1n) is 8.03. The second-order valence-electron chi connectivity index (χ2n) is 6.43. The molecular weight excluding hydrogens is 334 g/mol. The third-order valence-electron chi connectivity index (χ3n) is 4.77. The standard InChI is InChI=1S/C20H17NO3S/c1-12-6-3-4-9-18(12)21-20-13(2)16-8-5-7-14-10-15(25(22,23)24)11-17(20)19(14)16/h3-12,18H,2H2,1H3,(H,22,23,24)/b21-20+. The molecule has 25 heavy (non-hydrogen) atoms. The third-order valence-corrected chi connectivity index (χ3v) is 5.60. The van der Waals surface area contributed by atoms with Gasteiger partial charge in [0.15, 0.2) is 0 Å². The lowest BCUT2D eigenvalue weighted by Crippen LogP contribution is -2.25. The summed E-state index contributed by atoms with van der Waals surface area (Å²) in [7, 11) is -4.30. The van der Waals surface area contributed by atoms with Crippen molar-refractivity contribution in [3.8, 4) is 0 Å². The number of benzene rings is 2. The quantitative estimate of drug-likeness (QED) is 0.722. The molecule has 4 nitrogen and oxygen atoms in total. The van der Waals surface area contributed by atoms with Crippen LogP contribution in [0.5, 0.6) is 0 Å². The maximum absolute atomic E-state index is 11.7. The molecule has 2 atom stereocenters. The first-order valence-corrected chi connectivity index (χ1v) is 9.47. The van der Waals surface area contributed by atoms with Gasteiger partial charge < -0.3 is 0 Å². The second kappa shape index (κ2) is 5.51. The van der Waals surface area contributed by atoms with E-state index in [2.05, 4.69) is 19.6 Å². The SMILES string of the molecule is C=c1/c(=N\C2C=CC=CC2C)c2cc(S(=O)(=O)O)cc3cccc1c32.